The maximum Gasteiger partial charge on any atom is 0.187 e. The summed E-state index contributed by atoms with van der Waals surface area (Å²) in [4.78, 5) is 0. The monoisotopic (exact) mass is 340 g/mol. The third kappa shape index (κ3) is 3.66. The molecular weight excluding hydrogens is 316 g/mol. The molecule has 0 aromatic rings. The topological polar surface area (TPSA) is 158 Å². The van der Waals surface area contributed by atoms with Gasteiger partial charge in [0.1, 0.15) is 42.7 Å². The second-order valence-electron chi connectivity index (χ2n) is 5.72. The van der Waals surface area contributed by atoms with E-state index in [1.807, 2.05) is 0 Å². The Hall–Kier alpha value is -0.400. The van der Waals surface area contributed by atoms with Crippen LogP contribution in [-0.4, -0.2) is 106 Å². The summed E-state index contributed by atoms with van der Waals surface area (Å²) in [6.45, 7) is 0.990. The van der Waals surface area contributed by atoms with Crippen molar-refractivity contribution in [2.75, 3.05) is 13.7 Å². The standard InChI is InChI=1S/C13H24O10/c1-4-6(15)7(16)8(17)13(21-4)23-11-9(18)10(20-2)5(3-14)22-12(11)19/h4-19H,3H2,1-2H3/t4-,5+,6+,7+,8-,9-,10-,11+,12+,13-/m0/s1. The zero-order chi connectivity index (χ0) is 17.3. The first kappa shape index (κ1) is 18.9. The first-order chi connectivity index (χ1) is 10.8. The molecule has 10 atom stereocenters. The van der Waals surface area contributed by atoms with Crippen molar-refractivity contribution in [2.45, 2.75) is 68.3 Å². The molecule has 0 saturated carbocycles. The molecule has 2 aliphatic heterocycles. The molecule has 0 amide bonds. The summed E-state index contributed by atoms with van der Waals surface area (Å²) >= 11 is 0. The summed E-state index contributed by atoms with van der Waals surface area (Å²) < 4.78 is 20.8. The van der Waals surface area contributed by atoms with Crippen LogP contribution in [0.2, 0.25) is 0 Å². The molecule has 2 aliphatic rings. The van der Waals surface area contributed by atoms with E-state index in [0.29, 0.717) is 0 Å². The molecule has 0 unspecified atom stereocenters. The Bertz CT molecular complexity index is 382. The average molecular weight is 340 g/mol. The summed E-state index contributed by atoms with van der Waals surface area (Å²) in [5.74, 6) is 0. The fourth-order valence-corrected chi connectivity index (χ4v) is 2.78. The summed E-state index contributed by atoms with van der Waals surface area (Å²) in [5, 5.41) is 58.7. The fourth-order valence-electron chi connectivity index (χ4n) is 2.78. The van der Waals surface area contributed by atoms with Crippen LogP contribution in [0.25, 0.3) is 0 Å². The predicted octanol–water partition coefficient (Wildman–Crippen LogP) is -3.72. The molecule has 0 aromatic carbocycles. The van der Waals surface area contributed by atoms with Gasteiger partial charge >= 0.3 is 0 Å². The van der Waals surface area contributed by atoms with Gasteiger partial charge in [0, 0.05) is 7.11 Å². The molecule has 6 N–H and O–H groups in total. The van der Waals surface area contributed by atoms with Crippen molar-refractivity contribution in [3.05, 3.63) is 0 Å². The number of methoxy groups -OCH3 is 1. The van der Waals surface area contributed by atoms with Crippen LogP contribution >= 0.6 is 0 Å². The lowest BCUT2D eigenvalue weighted by Gasteiger charge is -2.45. The van der Waals surface area contributed by atoms with Gasteiger partial charge in [-0.1, -0.05) is 0 Å². The number of aliphatic hydroxyl groups excluding tert-OH is 6. The van der Waals surface area contributed by atoms with Gasteiger partial charge in [-0.05, 0) is 6.92 Å². The summed E-state index contributed by atoms with van der Waals surface area (Å²) in [7, 11) is 1.29. The highest BCUT2D eigenvalue weighted by Gasteiger charge is 2.50. The van der Waals surface area contributed by atoms with Crippen molar-refractivity contribution in [1.82, 2.24) is 0 Å². The SMILES string of the molecule is CO[C@@H]1[C@H](O)[C@@H](O[C@@H]2O[C@@H](C)[C@@H](O)[C@@H](O)[C@@H]2O)[C@H](O)O[C@@H]1CO. The summed E-state index contributed by atoms with van der Waals surface area (Å²) in [6.07, 6.45) is -12.9. The van der Waals surface area contributed by atoms with Crippen LogP contribution in [0.1, 0.15) is 6.92 Å². The van der Waals surface area contributed by atoms with Gasteiger partial charge in [-0.15, -0.1) is 0 Å². The van der Waals surface area contributed by atoms with Crippen LogP contribution in [-0.2, 0) is 18.9 Å². The largest absolute Gasteiger partial charge is 0.394 e. The molecular formula is C13H24O10. The van der Waals surface area contributed by atoms with E-state index in [1.54, 1.807) is 0 Å². The Balaban J connectivity index is 2.09. The minimum atomic E-state index is -1.61. The van der Waals surface area contributed by atoms with E-state index in [2.05, 4.69) is 0 Å². The van der Waals surface area contributed by atoms with E-state index < -0.39 is 68.0 Å². The molecule has 10 heteroatoms. The minimum Gasteiger partial charge on any atom is -0.394 e. The van der Waals surface area contributed by atoms with Crippen LogP contribution in [0.15, 0.2) is 0 Å². The first-order valence-electron chi connectivity index (χ1n) is 7.32. The number of hydrogen-bond acceptors (Lipinski definition) is 10. The van der Waals surface area contributed by atoms with Gasteiger partial charge in [-0.2, -0.15) is 0 Å². The Morgan fingerprint density at radius 3 is 2.09 bits per heavy atom. The molecule has 0 bridgehead atoms. The molecule has 2 fully saturated rings. The number of hydrogen-bond donors (Lipinski definition) is 6. The summed E-state index contributed by atoms with van der Waals surface area (Å²) in [5.41, 5.74) is 0. The molecule has 0 spiro atoms. The van der Waals surface area contributed by atoms with E-state index in [9.17, 15) is 30.6 Å². The Morgan fingerprint density at radius 2 is 1.52 bits per heavy atom. The Labute approximate surface area is 132 Å². The van der Waals surface area contributed by atoms with Crippen molar-refractivity contribution in [3.8, 4) is 0 Å². The Kier molecular flexibility index (Phi) is 6.30. The van der Waals surface area contributed by atoms with Crippen LogP contribution < -0.4 is 0 Å². The van der Waals surface area contributed by atoms with E-state index in [-0.39, 0.29) is 0 Å². The number of aliphatic hydroxyl groups is 6. The Morgan fingerprint density at radius 1 is 0.870 bits per heavy atom. The maximum absolute atomic E-state index is 10.3. The van der Waals surface area contributed by atoms with Crippen LogP contribution in [0.3, 0.4) is 0 Å². The fraction of sp³-hybridized carbons (Fsp3) is 1.00. The van der Waals surface area contributed by atoms with Crippen molar-refractivity contribution in [3.63, 3.8) is 0 Å². The van der Waals surface area contributed by atoms with E-state index in [4.69, 9.17) is 18.9 Å². The minimum absolute atomic E-state index is 0.482. The number of ether oxygens (including phenoxy) is 4. The molecule has 0 aromatic heterocycles. The number of rotatable bonds is 4. The average Bonchev–Trinajstić information content (AvgIpc) is 2.53. The quantitative estimate of drug-likeness (QED) is 0.300. The molecule has 23 heavy (non-hydrogen) atoms. The van der Waals surface area contributed by atoms with Gasteiger partial charge in [0.25, 0.3) is 0 Å². The van der Waals surface area contributed by atoms with Gasteiger partial charge in [-0.25, -0.2) is 0 Å². The van der Waals surface area contributed by atoms with Crippen molar-refractivity contribution >= 4 is 0 Å². The van der Waals surface area contributed by atoms with Gasteiger partial charge < -0.3 is 49.6 Å². The van der Waals surface area contributed by atoms with Gasteiger partial charge in [0.05, 0.1) is 12.7 Å². The van der Waals surface area contributed by atoms with Crippen molar-refractivity contribution in [1.29, 1.82) is 0 Å². The molecule has 10 nitrogen and oxygen atoms in total. The third-order valence-corrected chi connectivity index (χ3v) is 4.19. The van der Waals surface area contributed by atoms with Gasteiger partial charge in [0.15, 0.2) is 12.6 Å². The smallest absolute Gasteiger partial charge is 0.187 e. The third-order valence-electron chi connectivity index (χ3n) is 4.19. The van der Waals surface area contributed by atoms with Crippen LogP contribution in [0.4, 0.5) is 0 Å². The molecule has 0 aliphatic carbocycles. The van der Waals surface area contributed by atoms with E-state index >= 15 is 0 Å². The second kappa shape index (κ2) is 7.66. The molecule has 136 valence electrons. The van der Waals surface area contributed by atoms with Gasteiger partial charge in [0.2, 0.25) is 0 Å². The maximum atomic E-state index is 10.3. The second-order valence-corrected chi connectivity index (χ2v) is 5.72. The predicted molar refractivity (Wildman–Crippen MR) is 72.0 cm³/mol. The molecule has 2 saturated heterocycles. The first-order valence-corrected chi connectivity index (χ1v) is 7.32. The zero-order valence-corrected chi connectivity index (χ0v) is 12.8. The molecule has 2 heterocycles. The highest BCUT2D eigenvalue weighted by molar-refractivity contribution is 4.93. The lowest BCUT2D eigenvalue weighted by Crippen LogP contribution is -2.64. The lowest BCUT2D eigenvalue weighted by molar-refractivity contribution is -0.360. The highest BCUT2D eigenvalue weighted by atomic mass is 16.7. The zero-order valence-electron chi connectivity index (χ0n) is 12.8. The van der Waals surface area contributed by atoms with E-state index in [0.717, 1.165) is 0 Å². The van der Waals surface area contributed by atoms with Crippen molar-refractivity contribution in [2.24, 2.45) is 0 Å². The van der Waals surface area contributed by atoms with E-state index in [1.165, 1.54) is 14.0 Å². The molecule has 0 radical (unpaired) electrons. The van der Waals surface area contributed by atoms with Crippen LogP contribution in [0, 0.1) is 0 Å². The molecule has 2 rings (SSSR count). The van der Waals surface area contributed by atoms with Crippen molar-refractivity contribution < 1.29 is 49.6 Å². The normalized spacial score (nSPS) is 51.7. The summed E-state index contributed by atoms with van der Waals surface area (Å²) in [6, 6.07) is 0. The van der Waals surface area contributed by atoms with Gasteiger partial charge in [-0.3, -0.25) is 0 Å². The van der Waals surface area contributed by atoms with Crippen LogP contribution in [0.5, 0.6) is 0 Å². The lowest BCUT2D eigenvalue weighted by atomic mass is 9.97. The highest BCUT2D eigenvalue weighted by Crippen LogP contribution is 2.29.